The van der Waals surface area contributed by atoms with E-state index in [0.717, 1.165) is 12.8 Å². The highest BCUT2D eigenvalue weighted by Gasteiger charge is 2.22. The average Bonchev–Trinajstić information content (AvgIpc) is 2.47. The number of benzene rings is 1. The van der Waals surface area contributed by atoms with Crippen LogP contribution in [-0.2, 0) is 9.53 Å². The molecule has 112 valence electrons. The molecule has 1 aromatic carbocycles. The molecule has 0 spiro atoms. The second-order valence-electron chi connectivity index (χ2n) is 5.15. The molecule has 0 N–H and O–H groups in total. The van der Waals surface area contributed by atoms with Crippen LogP contribution < -0.4 is 0 Å². The van der Waals surface area contributed by atoms with E-state index in [0.29, 0.717) is 6.61 Å². The van der Waals surface area contributed by atoms with Crippen molar-refractivity contribution < 1.29 is 9.53 Å². The van der Waals surface area contributed by atoms with Crippen molar-refractivity contribution in [3.63, 3.8) is 0 Å². The molecule has 2 unspecified atom stereocenters. The first-order chi connectivity index (χ1) is 9.65. The predicted octanol–water partition coefficient (Wildman–Crippen LogP) is 4.93. The molecule has 20 heavy (non-hydrogen) atoms. The SMILES string of the molecule is CCCCCCOC(=O)C(C)C(C)Sc1ccccc1. The van der Waals surface area contributed by atoms with E-state index in [1.165, 1.54) is 17.7 Å². The molecule has 0 radical (unpaired) electrons. The zero-order valence-corrected chi connectivity index (χ0v) is 13.6. The molecule has 3 heteroatoms. The second kappa shape index (κ2) is 9.87. The van der Waals surface area contributed by atoms with Gasteiger partial charge in [-0.2, -0.15) is 0 Å². The number of carbonyl (C=O) groups excluding carboxylic acids is 1. The van der Waals surface area contributed by atoms with E-state index in [9.17, 15) is 4.79 Å². The van der Waals surface area contributed by atoms with Crippen LogP contribution in [0.2, 0.25) is 0 Å². The monoisotopic (exact) mass is 294 g/mol. The Kier molecular flexibility index (Phi) is 8.43. The van der Waals surface area contributed by atoms with Gasteiger partial charge in [0.05, 0.1) is 12.5 Å². The maximum Gasteiger partial charge on any atom is 0.309 e. The molecular weight excluding hydrogens is 268 g/mol. The Morgan fingerprint density at radius 3 is 2.50 bits per heavy atom. The van der Waals surface area contributed by atoms with Crippen molar-refractivity contribution in [3.05, 3.63) is 30.3 Å². The zero-order chi connectivity index (χ0) is 14.8. The normalized spacial score (nSPS) is 13.8. The Hall–Kier alpha value is -0.960. The zero-order valence-electron chi connectivity index (χ0n) is 12.8. The van der Waals surface area contributed by atoms with Crippen LogP contribution in [-0.4, -0.2) is 17.8 Å². The van der Waals surface area contributed by atoms with Gasteiger partial charge in [-0.05, 0) is 18.6 Å². The molecule has 0 aromatic heterocycles. The van der Waals surface area contributed by atoms with Gasteiger partial charge in [-0.1, -0.05) is 58.2 Å². The van der Waals surface area contributed by atoms with Crippen molar-refractivity contribution in [3.8, 4) is 0 Å². The first-order valence-electron chi connectivity index (χ1n) is 7.53. The molecule has 2 atom stereocenters. The van der Waals surface area contributed by atoms with Crippen LogP contribution in [0.25, 0.3) is 0 Å². The highest BCUT2D eigenvalue weighted by Crippen LogP contribution is 2.28. The van der Waals surface area contributed by atoms with Gasteiger partial charge in [0.15, 0.2) is 0 Å². The molecule has 0 saturated carbocycles. The van der Waals surface area contributed by atoms with E-state index < -0.39 is 0 Å². The van der Waals surface area contributed by atoms with E-state index in [-0.39, 0.29) is 17.1 Å². The molecule has 1 aromatic rings. The van der Waals surface area contributed by atoms with Gasteiger partial charge in [0.2, 0.25) is 0 Å². The Bertz CT molecular complexity index is 378. The number of hydrogen-bond donors (Lipinski definition) is 0. The van der Waals surface area contributed by atoms with Crippen LogP contribution in [0.1, 0.15) is 46.5 Å². The summed E-state index contributed by atoms with van der Waals surface area (Å²) in [6, 6.07) is 10.2. The summed E-state index contributed by atoms with van der Waals surface area (Å²) < 4.78 is 5.36. The van der Waals surface area contributed by atoms with Crippen LogP contribution in [0.4, 0.5) is 0 Å². The van der Waals surface area contributed by atoms with E-state index in [4.69, 9.17) is 4.74 Å². The second-order valence-corrected chi connectivity index (χ2v) is 6.60. The Labute approximate surface area is 127 Å². The number of thioether (sulfide) groups is 1. The van der Waals surface area contributed by atoms with Crippen LogP contribution in [0.3, 0.4) is 0 Å². The van der Waals surface area contributed by atoms with Crippen LogP contribution >= 0.6 is 11.8 Å². The fraction of sp³-hybridized carbons (Fsp3) is 0.588. The lowest BCUT2D eigenvalue weighted by molar-refractivity contribution is -0.147. The van der Waals surface area contributed by atoms with Crippen molar-refractivity contribution in [2.75, 3.05) is 6.61 Å². The molecule has 0 aliphatic heterocycles. The summed E-state index contributed by atoms with van der Waals surface area (Å²) in [7, 11) is 0. The van der Waals surface area contributed by atoms with Gasteiger partial charge in [-0.3, -0.25) is 4.79 Å². The lowest BCUT2D eigenvalue weighted by Gasteiger charge is -2.18. The fourth-order valence-corrected chi connectivity index (χ4v) is 2.90. The molecule has 2 nitrogen and oxygen atoms in total. The average molecular weight is 294 g/mol. The lowest BCUT2D eigenvalue weighted by Crippen LogP contribution is -2.23. The highest BCUT2D eigenvalue weighted by atomic mass is 32.2. The highest BCUT2D eigenvalue weighted by molar-refractivity contribution is 8.00. The summed E-state index contributed by atoms with van der Waals surface area (Å²) in [5.74, 6) is -0.149. The maximum atomic E-state index is 12.0. The topological polar surface area (TPSA) is 26.3 Å². The summed E-state index contributed by atoms with van der Waals surface area (Å²) in [6.07, 6.45) is 4.54. The summed E-state index contributed by atoms with van der Waals surface area (Å²) in [5.41, 5.74) is 0. The molecule has 0 heterocycles. The molecule has 0 amide bonds. The van der Waals surface area contributed by atoms with Crippen molar-refractivity contribution in [1.82, 2.24) is 0 Å². The van der Waals surface area contributed by atoms with Gasteiger partial charge in [-0.15, -0.1) is 11.8 Å². The molecule has 1 rings (SSSR count). The number of rotatable bonds is 9. The number of esters is 1. The maximum absolute atomic E-state index is 12.0. The number of hydrogen-bond acceptors (Lipinski definition) is 3. The van der Waals surface area contributed by atoms with Crippen molar-refractivity contribution in [2.45, 2.75) is 56.6 Å². The van der Waals surface area contributed by atoms with Gasteiger partial charge < -0.3 is 4.74 Å². The molecule has 0 saturated heterocycles. The quantitative estimate of drug-likeness (QED) is 0.367. The molecular formula is C17H26O2S. The molecule has 0 aliphatic rings. The van der Waals surface area contributed by atoms with Gasteiger partial charge in [0.25, 0.3) is 0 Å². The minimum Gasteiger partial charge on any atom is -0.465 e. The van der Waals surface area contributed by atoms with E-state index in [1.807, 2.05) is 25.1 Å². The molecule has 0 aliphatic carbocycles. The third-order valence-electron chi connectivity index (χ3n) is 3.38. The standard InChI is InChI=1S/C17H26O2S/c1-4-5-6-10-13-19-17(18)14(2)15(3)20-16-11-8-7-9-12-16/h7-9,11-12,14-15H,4-6,10,13H2,1-3H3. The van der Waals surface area contributed by atoms with Gasteiger partial charge in [-0.25, -0.2) is 0 Å². The number of ether oxygens (including phenoxy) is 1. The smallest absolute Gasteiger partial charge is 0.309 e. The molecule has 0 bridgehead atoms. The Morgan fingerprint density at radius 2 is 1.85 bits per heavy atom. The van der Waals surface area contributed by atoms with E-state index in [2.05, 4.69) is 26.0 Å². The van der Waals surface area contributed by atoms with Crippen molar-refractivity contribution in [1.29, 1.82) is 0 Å². The van der Waals surface area contributed by atoms with Crippen molar-refractivity contribution >= 4 is 17.7 Å². The minimum absolute atomic E-state index is 0.0718. The Morgan fingerprint density at radius 1 is 1.15 bits per heavy atom. The largest absolute Gasteiger partial charge is 0.465 e. The van der Waals surface area contributed by atoms with E-state index in [1.54, 1.807) is 11.8 Å². The number of unbranched alkanes of at least 4 members (excludes halogenated alkanes) is 3. The summed E-state index contributed by atoms with van der Waals surface area (Å²) in [4.78, 5) is 13.2. The minimum atomic E-state index is -0.0774. The van der Waals surface area contributed by atoms with Gasteiger partial charge in [0, 0.05) is 10.1 Å². The van der Waals surface area contributed by atoms with Crippen molar-refractivity contribution in [2.24, 2.45) is 5.92 Å². The molecule has 0 fully saturated rings. The first kappa shape index (κ1) is 17.1. The van der Waals surface area contributed by atoms with E-state index >= 15 is 0 Å². The summed E-state index contributed by atoms with van der Waals surface area (Å²) in [6.45, 7) is 6.78. The summed E-state index contributed by atoms with van der Waals surface area (Å²) in [5, 5.41) is 0.223. The Balaban J connectivity index is 2.29. The van der Waals surface area contributed by atoms with Crippen LogP contribution in [0.15, 0.2) is 35.2 Å². The number of carbonyl (C=O) groups is 1. The van der Waals surface area contributed by atoms with Crippen LogP contribution in [0, 0.1) is 5.92 Å². The first-order valence-corrected chi connectivity index (χ1v) is 8.41. The predicted molar refractivity (Wildman–Crippen MR) is 86.0 cm³/mol. The lowest BCUT2D eigenvalue weighted by atomic mass is 10.1. The summed E-state index contributed by atoms with van der Waals surface area (Å²) >= 11 is 1.73. The van der Waals surface area contributed by atoms with Crippen LogP contribution in [0.5, 0.6) is 0 Å². The fourth-order valence-electron chi connectivity index (χ4n) is 1.84. The third-order valence-corrected chi connectivity index (χ3v) is 4.71. The van der Waals surface area contributed by atoms with Gasteiger partial charge in [0.1, 0.15) is 0 Å². The third kappa shape index (κ3) is 6.47. The van der Waals surface area contributed by atoms with Gasteiger partial charge >= 0.3 is 5.97 Å².